The number of rotatable bonds is 8. The largest absolute Gasteiger partial charge is 0.466 e. The molecule has 0 radical (unpaired) electrons. The Morgan fingerprint density at radius 1 is 1.21 bits per heavy atom. The average molecular weight is 520 g/mol. The molecule has 6 atom stereocenters. The van der Waals surface area contributed by atoms with Crippen LogP contribution in [0.15, 0.2) is 54.6 Å². The standard InChI is InChI=1S/C27H29N5O6/c1-2-37-26(36)21-20-12-13-27(38-20)22(21)25(35)32(19(14-33)16-8-4-3-5-9-16)23(27)24(34)28-15-31-18-11-7-6-10-17(18)29-30-31/h3-11,19-23,33H,2,12-15H2,1H3,(H,28,34)/t19-,20+,21-,22+,23?,27?/m1/s1. The number of carbonyl (C=O) groups is 3. The molecule has 0 aliphatic carbocycles. The number of aromatic nitrogens is 3. The van der Waals surface area contributed by atoms with Crippen molar-refractivity contribution in [1.82, 2.24) is 25.2 Å². The van der Waals surface area contributed by atoms with E-state index >= 15 is 0 Å². The predicted octanol–water partition coefficient (Wildman–Crippen LogP) is 1.18. The molecule has 2 bridgehead atoms. The Morgan fingerprint density at radius 2 is 1.97 bits per heavy atom. The number of para-hydroxylation sites is 1. The summed E-state index contributed by atoms with van der Waals surface area (Å²) < 4.78 is 13.3. The Morgan fingerprint density at radius 3 is 2.74 bits per heavy atom. The summed E-state index contributed by atoms with van der Waals surface area (Å²) in [5.41, 5.74) is 0.927. The highest BCUT2D eigenvalue weighted by Gasteiger charge is 2.75. The van der Waals surface area contributed by atoms with Gasteiger partial charge >= 0.3 is 5.97 Å². The maximum atomic E-state index is 14.1. The minimum Gasteiger partial charge on any atom is -0.466 e. The zero-order valence-electron chi connectivity index (χ0n) is 20.9. The van der Waals surface area contributed by atoms with Gasteiger partial charge in [-0.25, -0.2) is 4.68 Å². The number of fused-ring (bicyclic) bond motifs is 2. The van der Waals surface area contributed by atoms with Crippen molar-refractivity contribution in [3.05, 3.63) is 60.2 Å². The second kappa shape index (κ2) is 9.48. The van der Waals surface area contributed by atoms with Crippen LogP contribution in [-0.2, 0) is 30.5 Å². The lowest BCUT2D eigenvalue weighted by molar-refractivity contribution is -0.155. The van der Waals surface area contributed by atoms with Crippen LogP contribution in [0.25, 0.3) is 11.0 Å². The van der Waals surface area contributed by atoms with Crippen molar-refractivity contribution in [3.63, 3.8) is 0 Å². The molecule has 2 unspecified atom stereocenters. The van der Waals surface area contributed by atoms with Crippen LogP contribution >= 0.6 is 0 Å². The van der Waals surface area contributed by atoms with Crippen LogP contribution in [0.4, 0.5) is 0 Å². The molecule has 2 N–H and O–H groups in total. The van der Waals surface area contributed by atoms with Crippen molar-refractivity contribution in [2.45, 2.75) is 50.2 Å². The number of carbonyl (C=O) groups excluding carboxylic acids is 3. The molecule has 3 aromatic rings. The topological polar surface area (TPSA) is 136 Å². The molecular formula is C27H29N5O6. The molecule has 1 spiro atoms. The van der Waals surface area contributed by atoms with E-state index in [-0.39, 0.29) is 19.2 Å². The molecule has 2 aromatic carbocycles. The number of ether oxygens (including phenoxy) is 2. The Balaban J connectivity index is 1.37. The van der Waals surface area contributed by atoms with Gasteiger partial charge in [-0.1, -0.05) is 47.7 Å². The zero-order chi connectivity index (χ0) is 26.4. The second-order valence-corrected chi connectivity index (χ2v) is 9.94. The van der Waals surface area contributed by atoms with Gasteiger partial charge in [0.15, 0.2) is 0 Å². The second-order valence-electron chi connectivity index (χ2n) is 9.94. The summed E-state index contributed by atoms with van der Waals surface area (Å²) in [6.45, 7) is 1.52. The van der Waals surface area contributed by atoms with Gasteiger partial charge in [0.1, 0.15) is 23.8 Å². The van der Waals surface area contributed by atoms with E-state index in [1.807, 2.05) is 42.5 Å². The predicted molar refractivity (Wildman–Crippen MR) is 133 cm³/mol. The van der Waals surface area contributed by atoms with Crippen LogP contribution in [0.1, 0.15) is 31.4 Å². The summed E-state index contributed by atoms with van der Waals surface area (Å²) in [5.74, 6) is -3.00. The molecule has 4 heterocycles. The highest BCUT2D eigenvalue weighted by Crippen LogP contribution is 2.59. The highest BCUT2D eigenvalue weighted by atomic mass is 16.6. The number of benzene rings is 2. The van der Waals surface area contributed by atoms with Crippen molar-refractivity contribution in [2.24, 2.45) is 11.8 Å². The summed E-state index contributed by atoms with van der Waals surface area (Å²) in [6, 6.07) is 14.6. The van der Waals surface area contributed by atoms with Gasteiger partial charge in [0.05, 0.1) is 42.7 Å². The fourth-order valence-corrected chi connectivity index (χ4v) is 6.55. The van der Waals surface area contributed by atoms with E-state index in [1.165, 1.54) is 4.90 Å². The van der Waals surface area contributed by atoms with Crippen molar-refractivity contribution < 1.29 is 29.0 Å². The molecule has 1 aromatic heterocycles. The fraction of sp³-hybridized carbons (Fsp3) is 0.444. The monoisotopic (exact) mass is 519 g/mol. The highest BCUT2D eigenvalue weighted by molar-refractivity contribution is 5.98. The number of amides is 2. The van der Waals surface area contributed by atoms with E-state index in [0.29, 0.717) is 23.9 Å². The molecule has 11 heteroatoms. The summed E-state index contributed by atoms with van der Waals surface area (Å²) >= 11 is 0. The van der Waals surface area contributed by atoms with Gasteiger partial charge in [-0.2, -0.15) is 0 Å². The third-order valence-corrected chi connectivity index (χ3v) is 8.06. The molecule has 11 nitrogen and oxygen atoms in total. The van der Waals surface area contributed by atoms with Gasteiger partial charge in [-0.05, 0) is 37.5 Å². The molecular weight excluding hydrogens is 490 g/mol. The van der Waals surface area contributed by atoms with Crippen LogP contribution in [0, 0.1) is 11.8 Å². The van der Waals surface area contributed by atoms with Gasteiger partial charge in [0.25, 0.3) is 0 Å². The van der Waals surface area contributed by atoms with E-state index in [4.69, 9.17) is 9.47 Å². The molecule has 6 rings (SSSR count). The number of aliphatic hydroxyl groups excluding tert-OH is 1. The lowest BCUT2D eigenvalue weighted by Crippen LogP contribution is -2.56. The minimum atomic E-state index is -1.20. The SMILES string of the molecule is CCOC(=O)[C@@H]1[C@@H]2CCC3(O2)C(C(=O)NCn2nnc4ccccc42)N([C@H](CO)c2ccccc2)C(=O)[C@H]13. The molecule has 2 amide bonds. The van der Waals surface area contributed by atoms with Crippen molar-refractivity contribution in [1.29, 1.82) is 0 Å². The Kier molecular flexibility index (Phi) is 6.11. The summed E-state index contributed by atoms with van der Waals surface area (Å²) in [4.78, 5) is 42.5. The Hall–Kier alpha value is -3.83. The molecule has 0 saturated carbocycles. The third kappa shape index (κ3) is 3.60. The molecule has 38 heavy (non-hydrogen) atoms. The number of likely N-dealkylation sites (tertiary alicyclic amines) is 1. The third-order valence-electron chi connectivity index (χ3n) is 8.06. The maximum absolute atomic E-state index is 14.1. The van der Waals surface area contributed by atoms with Gasteiger partial charge < -0.3 is 24.8 Å². The number of hydrogen-bond donors (Lipinski definition) is 2. The maximum Gasteiger partial charge on any atom is 0.312 e. The number of nitrogens with one attached hydrogen (secondary N) is 1. The summed E-state index contributed by atoms with van der Waals surface area (Å²) in [5, 5.41) is 21.6. The first kappa shape index (κ1) is 24.5. The molecule has 3 aliphatic heterocycles. The first-order chi connectivity index (χ1) is 18.5. The first-order valence-electron chi connectivity index (χ1n) is 12.9. The average Bonchev–Trinajstić information content (AvgIpc) is 3.68. The number of esters is 1. The van der Waals surface area contributed by atoms with Crippen molar-refractivity contribution in [3.8, 4) is 0 Å². The number of nitrogens with zero attached hydrogens (tertiary/aromatic N) is 4. The van der Waals surface area contributed by atoms with E-state index in [2.05, 4.69) is 15.6 Å². The number of aliphatic hydroxyl groups is 1. The van der Waals surface area contributed by atoms with Crippen LogP contribution in [0.5, 0.6) is 0 Å². The van der Waals surface area contributed by atoms with Crippen molar-refractivity contribution in [2.75, 3.05) is 13.2 Å². The lowest BCUT2D eigenvalue weighted by Gasteiger charge is -2.36. The van der Waals surface area contributed by atoms with Crippen molar-refractivity contribution >= 4 is 28.8 Å². The van der Waals surface area contributed by atoms with Crippen LogP contribution in [0.2, 0.25) is 0 Å². The molecule has 3 saturated heterocycles. The Labute approximate surface area is 218 Å². The van der Waals surface area contributed by atoms with E-state index in [9.17, 15) is 19.5 Å². The van der Waals surface area contributed by atoms with Crippen LogP contribution < -0.4 is 5.32 Å². The Bertz CT molecular complexity index is 1380. The molecule has 3 aliphatic rings. The van der Waals surface area contributed by atoms with E-state index < -0.39 is 54.1 Å². The minimum absolute atomic E-state index is 0.0263. The fourth-order valence-electron chi connectivity index (χ4n) is 6.55. The van der Waals surface area contributed by atoms with Gasteiger partial charge in [-0.15, -0.1) is 5.10 Å². The van der Waals surface area contributed by atoms with Gasteiger partial charge in [-0.3, -0.25) is 14.4 Å². The smallest absolute Gasteiger partial charge is 0.312 e. The summed E-state index contributed by atoms with van der Waals surface area (Å²) in [7, 11) is 0. The van der Waals surface area contributed by atoms with E-state index in [0.717, 1.165) is 5.52 Å². The first-order valence-corrected chi connectivity index (χ1v) is 12.9. The normalized spacial score (nSPS) is 28.5. The van der Waals surface area contributed by atoms with Gasteiger partial charge in [0.2, 0.25) is 11.8 Å². The molecule has 198 valence electrons. The van der Waals surface area contributed by atoms with Gasteiger partial charge in [0, 0.05) is 0 Å². The summed E-state index contributed by atoms with van der Waals surface area (Å²) in [6.07, 6.45) is 0.481. The lowest BCUT2D eigenvalue weighted by atomic mass is 9.71. The van der Waals surface area contributed by atoms with Crippen LogP contribution in [-0.4, -0.2) is 73.7 Å². The quantitative estimate of drug-likeness (QED) is 0.424. The number of hydrogen-bond acceptors (Lipinski definition) is 8. The van der Waals surface area contributed by atoms with E-state index in [1.54, 1.807) is 23.7 Å². The zero-order valence-corrected chi connectivity index (χ0v) is 20.9. The van der Waals surface area contributed by atoms with Crippen LogP contribution in [0.3, 0.4) is 0 Å². The molecule has 3 fully saturated rings.